The number of nitrogens with zero attached hydrogens (tertiary/aromatic N) is 1. The lowest BCUT2D eigenvalue weighted by Gasteiger charge is -2.06. The molecule has 0 saturated carbocycles. The predicted octanol–water partition coefficient (Wildman–Crippen LogP) is 2.37. The number of rotatable bonds is 7. The Labute approximate surface area is 91.9 Å². The minimum atomic E-state index is 0.735. The first-order valence-corrected chi connectivity index (χ1v) is 5.59. The maximum absolute atomic E-state index is 5.56. The molecule has 0 unspecified atom stereocenters. The van der Waals surface area contributed by atoms with Gasteiger partial charge in [-0.25, -0.2) is 4.98 Å². The van der Waals surface area contributed by atoms with Gasteiger partial charge in [0.1, 0.15) is 0 Å². The van der Waals surface area contributed by atoms with Crippen LogP contribution >= 0.6 is 0 Å². The van der Waals surface area contributed by atoms with Gasteiger partial charge in [0.25, 0.3) is 0 Å². The fraction of sp³-hybridized carbons (Fsp3) is 0.583. The van der Waals surface area contributed by atoms with Gasteiger partial charge in [0, 0.05) is 18.8 Å². The average molecular weight is 208 g/mol. The molecule has 1 heterocycles. The second-order valence-corrected chi connectivity index (χ2v) is 3.59. The van der Waals surface area contributed by atoms with Crippen molar-refractivity contribution in [1.82, 2.24) is 10.3 Å². The Balaban J connectivity index is 2.36. The molecule has 15 heavy (non-hydrogen) atoms. The minimum absolute atomic E-state index is 0.735. The van der Waals surface area contributed by atoms with Crippen molar-refractivity contribution in [3.05, 3.63) is 23.9 Å². The predicted molar refractivity (Wildman–Crippen MR) is 62.0 cm³/mol. The van der Waals surface area contributed by atoms with Gasteiger partial charge >= 0.3 is 0 Å². The van der Waals surface area contributed by atoms with E-state index in [1.807, 2.05) is 19.2 Å². The Hall–Kier alpha value is -1.09. The molecule has 1 aromatic rings. The van der Waals surface area contributed by atoms with Crippen LogP contribution in [-0.2, 0) is 6.54 Å². The fourth-order valence-corrected chi connectivity index (χ4v) is 1.37. The lowest BCUT2D eigenvalue weighted by molar-refractivity contribution is 0.294. The van der Waals surface area contributed by atoms with Crippen LogP contribution in [0.1, 0.15) is 31.7 Å². The third-order valence-corrected chi connectivity index (χ3v) is 2.18. The molecule has 0 radical (unpaired) electrons. The van der Waals surface area contributed by atoms with Crippen LogP contribution in [0.2, 0.25) is 0 Å². The van der Waals surface area contributed by atoms with E-state index in [4.69, 9.17) is 4.74 Å². The molecule has 84 valence electrons. The van der Waals surface area contributed by atoms with Gasteiger partial charge in [0.2, 0.25) is 5.88 Å². The van der Waals surface area contributed by atoms with Crippen molar-refractivity contribution in [2.24, 2.45) is 0 Å². The Morgan fingerprint density at radius 1 is 1.40 bits per heavy atom. The van der Waals surface area contributed by atoms with E-state index in [0.717, 1.165) is 25.5 Å². The zero-order valence-electron chi connectivity index (χ0n) is 9.62. The minimum Gasteiger partial charge on any atom is -0.478 e. The van der Waals surface area contributed by atoms with Crippen molar-refractivity contribution in [2.75, 3.05) is 13.7 Å². The summed E-state index contributed by atoms with van der Waals surface area (Å²) >= 11 is 0. The van der Waals surface area contributed by atoms with Gasteiger partial charge in [-0.1, -0.05) is 19.8 Å². The quantitative estimate of drug-likeness (QED) is 0.698. The van der Waals surface area contributed by atoms with E-state index < -0.39 is 0 Å². The molecule has 0 aliphatic heterocycles. The van der Waals surface area contributed by atoms with Crippen LogP contribution in [0.3, 0.4) is 0 Å². The van der Waals surface area contributed by atoms with E-state index in [0.29, 0.717) is 0 Å². The van der Waals surface area contributed by atoms with Gasteiger partial charge in [-0.15, -0.1) is 0 Å². The van der Waals surface area contributed by atoms with Crippen molar-refractivity contribution in [2.45, 2.75) is 32.7 Å². The van der Waals surface area contributed by atoms with Gasteiger partial charge in [-0.05, 0) is 25.1 Å². The molecular weight excluding hydrogens is 188 g/mol. The maximum atomic E-state index is 5.56. The molecule has 0 fully saturated rings. The van der Waals surface area contributed by atoms with Crippen LogP contribution in [0.5, 0.6) is 5.88 Å². The van der Waals surface area contributed by atoms with Crippen LogP contribution in [0, 0.1) is 0 Å². The molecule has 0 aromatic carbocycles. The van der Waals surface area contributed by atoms with Crippen molar-refractivity contribution in [3.63, 3.8) is 0 Å². The Morgan fingerprint density at radius 2 is 2.27 bits per heavy atom. The zero-order valence-corrected chi connectivity index (χ0v) is 9.62. The average Bonchev–Trinajstić information content (AvgIpc) is 2.26. The standard InChI is InChI=1S/C12H20N2O/c1-3-4-5-8-15-12-9-11(10-13-2)6-7-14-12/h6-7,9,13H,3-5,8,10H2,1-2H3. The molecule has 3 nitrogen and oxygen atoms in total. The van der Waals surface area contributed by atoms with E-state index in [1.54, 1.807) is 6.20 Å². The highest BCUT2D eigenvalue weighted by atomic mass is 16.5. The highest BCUT2D eigenvalue weighted by molar-refractivity contribution is 5.20. The number of hydrogen-bond acceptors (Lipinski definition) is 3. The Bertz CT molecular complexity index is 276. The zero-order chi connectivity index (χ0) is 10.9. The molecule has 0 bridgehead atoms. The first kappa shape index (κ1) is 12.0. The van der Waals surface area contributed by atoms with Gasteiger partial charge in [0.05, 0.1) is 6.61 Å². The lowest BCUT2D eigenvalue weighted by atomic mass is 10.2. The molecule has 3 heteroatoms. The van der Waals surface area contributed by atoms with E-state index in [-0.39, 0.29) is 0 Å². The molecular formula is C12H20N2O. The summed E-state index contributed by atoms with van der Waals surface area (Å²) in [6.07, 6.45) is 5.34. The molecule has 0 spiro atoms. The molecule has 1 N–H and O–H groups in total. The molecule has 1 rings (SSSR count). The number of ether oxygens (including phenoxy) is 1. The molecule has 1 aromatic heterocycles. The summed E-state index contributed by atoms with van der Waals surface area (Å²) in [5.74, 6) is 0.735. The lowest BCUT2D eigenvalue weighted by Crippen LogP contribution is -2.06. The van der Waals surface area contributed by atoms with Crippen molar-refractivity contribution in [3.8, 4) is 5.88 Å². The van der Waals surface area contributed by atoms with Crippen LogP contribution in [0.25, 0.3) is 0 Å². The highest BCUT2D eigenvalue weighted by Crippen LogP contribution is 2.09. The smallest absolute Gasteiger partial charge is 0.213 e. The monoisotopic (exact) mass is 208 g/mol. The largest absolute Gasteiger partial charge is 0.478 e. The summed E-state index contributed by atoms with van der Waals surface area (Å²) in [7, 11) is 1.93. The maximum Gasteiger partial charge on any atom is 0.213 e. The molecule has 0 amide bonds. The second-order valence-electron chi connectivity index (χ2n) is 3.59. The molecule has 0 atom stereocenters. The number of unbranched alkanes of at least 4 members (excludes halogenated alkanes) is 2. The van der Waals surface area contributed by atoms with E-state index in [9.17, 15) is 0 Å². The number of pyridine rings is 1. The number of hydrogen-bond donors (Lipinski definition) is 1. The van der Waals surface area contributed by atoms with Gasteiger partial charge < -0.3 is 10.1 Å². The topological polar surface area (TPSA) is 34.1 Å². The third-order valence-electron chi connectivity index (χ3n) is 2.18. The van der Waals surface area contributed by atoms with Gasteiger partial charge in [0.15, 0.2) is 0 Å². The van der Waals surface area contributed by atoms with Crippen molar-refractivity contribution < 1.29 is 4.74 Å². The van der Waals surface area contributed by atoms with Crippen LogP contribution < -0.4 is 10.1 Å². The molecule has 0 aliphatic rings. The normalized spacial score (nSPS) is 10.3. The van der Waals surface area contributed by atoms with Crippen LogP contribution in [0.4, 0.5) is 0 Å². The van der Waals surface area contributed by atoms with Crippen LogP contribution in [-0.4, -0.2) is 18.6 Å². The van der Waals surface area contributed by atoms with Gasteiger partial charge in [-0.3, -0.25) is 0 Å². The molecule has 0 saturated heterocycles. The Morgan fingerprint density at radius 3 is 3.00 bits per heavy atom. The summed E-state index contributed by atoms with van der Waals surface area (Å²) in [5, 5.41) is 3.10. The van der Waals surface area contributed by atoms with Gasteiger partial charge in [-0.2, -0.15) is 0 Å². The second kappa shape index (κ2) is 7.23. The summed E-state index contributed by atoms with van der Waals surface area (Å²) in [4.78, 5) is 4.17. The summed E-state index contributed by atoms with van der Waals surface area (Å²) in [5.41, 5.74) is 1.21. The van der Waals surface area contributed by atoms with Crippen LogP contribution in [0.15, 0.2) is 18.3 Å². The third kappa shape index (κ3) is 4.79. The highest BCUT2D eigenvalue weighted by Gasteiger charge is 1.97. The van der Waals surface area contributed by atoms with E-state index in [2.05, 4.69) is 17.2 Å². The summed E-state index contributed by atoms with van der Waals surface area (Å²) in [6, 6.07) is 3.98. The fourth-order valence-electron chi connectivity index (χ4n) is 1.37. The van der Waals surface area contributed by atoms with E-state index in [1.165, 1.54) is 18.4 Å². The first-order chi connectivity index (χ1) is 7.36. The van der Waals surface area contributed by atoms with Crippen molar-refractivity contribution >= 4 is 0 Å². The summed E-state index contributed by atoms with van der Waals surface area (Å²) < 4.78 is 5.56. The SMILES string of the molecule is CCCCCOc1cc(CNC)ccn1. The summed E-state index contributed by atoms with van der Waals surface area (Å²) in [6.45, 7) is 3.81. The number of nitrogens with one attached hydrogen (secondary N) is 1. The first-order valence-electron chi connectivity index (χ1n) is 5.59. The number of aromatic nitrogens is 1. The molecule has 0 aliphatic carbocycles. The van der Waals surface area contributed by atoms with Crippen molar-refractivity contribution in [1.29, 1.82) is 0 Å². The van der Waals surface area contributed by atoms with E-state index >= 15 is 0 Å². The Kier molecular flexibility index (Phi) is 5.78.